The minimum Gasteiger partial charge on any atom is -0.327 e. The van der Waals surface area contributed by atoms with Crippen LogP contribution in [0.15, 0.2) is 54.7 Å². The normalized spacial score (nSPS) is 11.5. The van der Waals surface area contributed by atoms with Crippen molar-refractivity contribution < 1.29 is 0 Å². The number of hydrogen-bond acceptors (Lipinski definition) is 5. The van der Waals surface area contributed by atoms with E-state index < -0.39 is 0 Å². The monoisotopic (exact) mass is 333 g/mol. The molecule has 0 radical (unpaired) electrons. The SMILES string of the molecule is CN(C)Cc1ccc(Nc2ncc3cc(C=CCN)ccc3n2)cc1. The van der Waals surface area contributed by atoms with E-state index in [0.29, 0.717) is 12.5 Å². The van der Waals surface area contributed by atoms with E-state index in [-0.39, 0.29) is 0 Å². The van der Waals surface area contributed by atoms with Gasteiger partial charge in [-0.1, -0.05) is 30.4 Å². The fourth-order valence-electron chi connectivity index (χ4n) is 2.61. The molecule has 0 atom stereocenters. The van der Waals surface area contributed by atoms with Crippen LogP contribution in [0.2, 0.25) is 0 Å². The molecule has 3 N–H and O–H groups in total. The van der Waals surface area contributed by atoms with Crippen molar-refractivity contribution in [3.8, 4) is 0 Å². The number of nitrogens with one attached hydrogen (secondary N) is 1. The van der Waals surface area contributed by atoms with Crippen LogP contribution in [0.1, 0.15) is 11.1 Å². The Morgan fingerprint density at radius 2 is 1.92 bits per heavy atom. The lowest BCUT2D eigenvalue weighted by Crippen LogP contribution is -2.10. The van der Waals surface area contributed by atoms with Crippen LogP contribution in [0.25, 0.3) is 17.0 Å². The number of rotatable bonds is 6. The van der Waals surface area contributed by atoms with Crippen molar-refractivity contribution in [2.24, 2.45) is 5.73 Å². The van der Waals surface area contributed by atoms with E-state index in [0.717, 1.165) is 28.7 Å². The van der Waals surface area contributed by atoms with Gasteiger partial charge in [-0.15, -0.1) is 0 Å². The lowest BCUT2D eigenvalue weighted by molar-refractivity contribution is 0.402. The Hall–Kier alpha value is -2.76. The van der Waals surface area contributed by atoms with Gasteiger partial charge in [-0.3, -0.25) is 0 Å². The second-order valence-electron chi connectivity index (χ2n) is 6.21. The smallest absolute Gasteiger partial charge is 0.227 e. The van der Waals surface area contributed by atoms with Gasteiger partial charge < -0.3 is 16.0 Å². The molecule has 0 saturated carbocycles. The summed E-state index contributed by atoms with van der Waals surface area (Å²) in [6, 6.07) is 14.4. The Morgan fingerprint density at radius 3 is 2.64 bits per heavy atom. The average Bonchev–Trinajstić information content (AvgIpc) is 2.61. The molecule has 1 aromatic heterocycles. The van der Waals surface area contributed by atoms with Gasteiger partial charge in [0.2, 0.25) is 5.95 Å². The predicted molar refractivity (Wildman–Crippen MR) is 105 cm³/mol. The van der Waals surface area contributed by atoms with Crippen LogP contribution in [0.3, 0.4) is 0 Å². The van der Waals surface area contributed by atoms with Crippen molar-refractivity contribution in [2.45, 2.75) is 6.54 Å². The number of hydrogen-bond donors (Lipinski definition) is 2. The van der Waals surface area contributed by atoms with Crippen LogP contribution < -0.4 is 11.1 Å². The highest BCUT2D eigenvalue weighted by molar-refractivity contribution is 5.81. The summed E-state index contributed by atoms with van der Waals surface area (Å²) >= 11 is 0. The van der Waals surface area contributed by atoms with Crippen LogP contribution in [-0.2, 0) is 6.54 Å². The molecule has 0 amide bonds. The van der Waals surface area contributed by atoms with E-state index in [1.165, 1.54) is 5.56 Å². The van der Waals surface area contributed by atoms with E-state index in [1.54, 1.807) is 0 Å². The number of benzene rings is 2. The summed E-state index contributed by atoms with van der Waals surface area (Å²) in [5, 5.41) is 4.26. The molecule has 0 spiro atoms. The molecule has 0 unspecified atom stereocenters. The van der Waals surface area contributed by atoms with E-state index in [2.05, 4.69) is 52.5 Å². The maximum atomic E-state index is 5.49. The molecule has 0 fully saturated rings. The molecule has 1 heterocycles. The van der Waals surface area contributed by atoms with Gasteiger partial charge in [0.15, 0.2) is 0 Å². The lowest BCUT2D eigenvalue weighted by atomic mass is 10.1. The fourth-order valence-corrected chi connectivity index (χ4v) is 2.61. The van der Waals surface area contributed by atoms with Crippen LogP contribution in [-0.4, -0.2) is 35.5 Å². The van der Waals surface area contributed by atoms with Crippen molar-refractivity contribution in [3.05, 3.63) is 65.9 Å². The molecule has 5 nitrogen and oxygen atoms in total. The zero-order valence-corrected chi connectivity index (χ0v) is 14.6. The highest BCUT2D eigenvalue weighted by Crippen LogP contribution is 2.19. The minimum atomic E-state index is 0.532. The summed E-state index contributed by atoms with van der Waals surface area (Å²) in [4.78, 5) is 11.1. The molecule has 3 aromatic rings. The van der Waals surface area contributed by atoms with Gasteiger partial charge in [0.1, 0.15) is 0 Å². The van der Waals surface area contributed by atoms with Crippen LogP contribution >= 0.6 is 0 Å². The van der Waals surface area contributed by atoms with Crippen LogP contribution in [0, 0.1) is 0 Å². The third-order valence-electron chi connectivity index (χ3n) is 3.76. The molecule has 0 aliphatic heterocycles. The van der Waals surface area contributed by atoms with E-state index in [1.807, 2.05) is 42.6 Å². The first-order valence-electron chi connectivity index (χ1n) is 8.28. The standard InChI is InChI=1S/C20H23N5/c1-25(2)14-16-5-8-18(9-6-16)23-20-22-13-17-12-15(4-3-11-21)7-10-19(17)24-20/h3-10,12-13H,11,14,21H2,1-2H3,(H,22,23,24). The molecule has 25 heavy (non-hydrogen) atoms. The maximum absolute atomic E-state index is 5.49. The van der Waals surface area contributed by atoms with Crippen molar-refractivity contribution >= 4 is 28.6 Å². The van der Waals surface area contributed by atoms with E-state index >= 15 is 0 Å². The zero-order valence-electron chi connectivity index (χ0n) is 14.6. The van der Waals surface area contributed by atoms with E-state index in [4.69, 9.17) is 5.73 Å². The quantitative estimate of drug-likeness (QED) is 0.723. The summed E-state index contributed by atoms with van der Waals surface area (Å²) in [6.45, 7) is 1.46. The highest BCUT2D eigenvalue weighted by Gasteiger charge is 2.02. The topological polar surface area (TPSA) is 67.1 Å². The number of fused-ring (bicyclic) bond motifs is 1. The van der Waals surface area contributed by atoms with Crippen LogP contribution in [0.4, 0.5) is 11.6 Å². The molecular weight excluding hydrogens is 310 g/mol. The summed E-state index contributed by atoms with van der Waals surface area (Å²) in [7, 11) is 4.12. The maximum Gasteiger partial charge on any atom is 0.227 e. The first kappa shape index (κ1) is 17.1. The molecule has 0 aliphatic carbocycles. The van der Waals surface area contributed by atoms with Crippen molar-refractivity contribution in [3.63, 3.8) is 0 Å². The summed E-state index contributed by atoms with van der Waals surface area (Å²) in [6.07, 6.45) is 5.77. The largest absolute Gasteiger partial charge is 0.327 e. The number of anilines is 2. The zero-order chi connectivity index (χ0) is 17.6. The molecule has 5 heteroatoms. The molecule has 3 rings (SSSR count). The molecule has 128 valence electrons. The van der Waals surface area contributed by atoms with Crippen molar-refractivity contribution in [2.75, 3.05) is 26.0 Å². The van der Waals surface area contributed by atoms with Crippen molar-refractivity contribution in [1.82, 2.24) is 14.9 Å². The molecule has 2 aromatic carbocycles. The van der Waals surface area contributed by atoms with E-state index in [9.17, 15) is 0 Å². The Kier molecular flexibility index (Phi) is 5.38. The Labute approximate surface area is 148 Å². The fraction of sp³-hybridized carbons (Fsp3) is 0.200. The van der Waals surface area contributed by atoms with Crippen molar-refractivity contribution in [1.29, 1.82) is 0 Å². The third kappa shape index (κ3) is 4.62. The lowest BCUT2D eigenvalue weighted by Gasteiger charge is -2.10. The molecule has 0 aliphatic rings. The number of nitrogens with zero attached hydrogens (tertiary/aromatic N) is 3. The molecular formula is C20H23N5. The summed E-state index contributed by atoms with van der Waals surface area (Å²) in [5.74, 6) is 0.595. The van der Waals surface area contributed by atoms with Crippen LogP contribution in [0.5, 0.6) is 0 Å². The van der Waals surface area contributed by atoms with Gasteiger partial charge in [0.05, 0.1) is 5.52 Å². The number of aromatic nitrogens is 2. The first-order valence-corrected chi connectivity index (χ1v) is 8.28. The second-order valence-corrected chi connectivity index (χ2v) is 6.21. The Bertz CT molecular complexity index is 869. The summed E-state index contributed by atoms with van der Waals surface area (Å²) < 4.78 is 0. The average molecular weight is 333 g/mol. The molecule has 0 saturated heterocycles. The third-order valence-corrected chi connectivity index (χ3v) is 3.76. The second kappa shape index (κ2) is 7.88. The Balaban J connectivity index is 1.76. The van der Waals surface area contributed by atoms with Gasteiger partial charge in [-0.05, 0) is 49.5 Å². The van der Waals surface area contributed by atoms with Gasteiger partial charge in [0, 0.05) is 30.4 Å². The summed E-state index contributed by atoms with van der Waals surface area (Å²) in [5.41, 5.74) is 9.75. The van der Waals surface area contributed by atoms with Gasteiger partial charge in [-0.25, -0.2) is 9.97 Å². The first-order chi connectivity index (χ1) is 12.1. The minimum absolute atomic E-state index is 0.532. The highest BCUT2D eigenvalue weighted by atomic mass is 15.1. The Morgan fingerprint density at radius 1 is 1.12 bits per heavy atom. The molecule has 0 bridgehead atoms. The number of nitrogens with two attached hydrogens (primary N) is 1. The van der Waals surface area contributed by atoms with Gasteiger partial charge in [-0.2, -0.15) is 0 Å². The predicted octanol–water partition coefficient (Wildman–Crippen LogP) is 3.41. The van der Waals surface area contributed by atoms with Gasteiger partial charge in [0.25, 0.3) is 0 Å². The van der Waals surface area contributed by atoms with Gasteiger partial charge >= 0.3 is 0 Å².